The van der Waals surface area contributed by atoms with Gasteiger partial charge in [-0.1, -0.05) is 36.4 Å². The summed E-state index contributed by atoms with van der Waals surface area (Å²) in [5.41, 5.74) is -1.89. The van der Waals surface area contributed by atoms with Crippen LogP contribution in [0.15, 0.2) is 72.8 Å². The average Bonchev–Trinajstić information content (AvgIpc) is 1.80. The highest BCUT2D eigenvalue weighted by Gasteiger charge is 2.43. The van der Waals surface area contributed by atoms with E-state index in [2.05, 4.69) is 0 Å². The maximum atomic E-state index is 14.5. The van der Waals surface area contributed by atoms with Crippen molar-refractivity contribution in [2.24, 2.45) is 35.5 Å². The molecule has 0 aliphatic carbocycles. The lowest BCUT2D eigenvalue weighted by Crippen LogP contribution is -2.39. The van der Waals surface area contributed by atoms with Crippen molar-refractivity contribution in [1.82, 2.24) is 19.6 Å². The first kappa shape index (κ1) is 72.8. The summed E-state index contributed by atoms with van der Waals surface area (Å²) in [6, 6.07) is 21.9. The number of hydrogen-bond acceptors (Lipinski definition) is 16. The molecule has 504 valence electrons. The molecule has 20 heteroatoms. The van der Waals surface area contributed by atoms with Gasteiger partial charge in [0.25, 0.3) is 0 Å². The third kappa shape index (κ3) is 24.7. The number of hydrogen-bond donors (Lipinski definition) is 0. The third-order valence-electron chi connectivity index (χ3n) is 15.3. The minimum Gasteiger partial charge on any atom is -0.492 e. The van der Waals surface area contributed by atoms with Crippen LogP contribution in [0.4, 0.5) is 19.2 Å². The second-order valence-corrected chi connectivity index (χ2v) is 30.5. The zero-order chi connectivity index (χ0) is 67.4. The molecule has 3 fully saturated rings. The Morgan fingerprint density at radius 1 is 0.407 bits per heavy atom. The van der Waals surface area contributed by atoms with Crippen LogP contribution in [0.3, 0.4) is 0 Å². The Bertz CT molecular complexity index is 2850. The number of nitrogens with zero attached hydrogens (tertiary/aromatic N) is 4. The van der Waals surface area contributed by atoms with E-state index in [1.807, 2.05) is 167 Å². The summed E-state index contributed by atoms with van der Waals surface area (Å²) < 4.78 is 53.7. The lowest BCUT2D eigenvalue weighted by Gasteiger charge is -2.28. The molecule has 3 aromatic carbocycles. The lowest BCUT2D eigenvalue weighted by molar-refractivity contribution is -0.163. The molecule has 0 saturated carbocycles. The van der Waals surface area contributed by atoms with Gasteiger partial charge in [-0.3, -0.25) is 14.4 Å². The van der Waals surface area contributed by atoms with Crippen molar-refractivity contribution in [3.05, 3.63) is 89.5 Å². The van der Waals surface area contributed by atoms with Gasteiger partial charge in [0.15, 0.2) is 0 Å². The van der Waals surface area contributed by atoms with Gasteiger partial charge < -0.3 is 62.2 Å². The van der Waals surface area contributed by atoms with Gasteiger partial charge in [-0.15, -0.1) is 0 Å². The van der Waals surface area contributed by atoms with Gasteiger partial charge in [0.05, 0.1) is 30.8 Å². The summed E-state index contributed by atoms with van der Waals surface area (Å²) in [6.07, 6.45) is 0.706. The van der Waals surface area contributed by atoms with Gasteiger partial charge in [0.2, 0.25) is 0 Å². The summed E-state index contributed by atoms with van der Waals surface area (Å²) in [4.78, 5) is 102. The highest BCUT2D eigenvalue weighted by molar-refractivity contribution is 5.76. The number of carbonyl (C=O) groups is 7. The Hall–Kier alpha value is -7.25. The van der Waals surface area contributed by atoms with Crippen molar-refractivity contribution >= 4 is 42.3 Å². The van der Waals surface area contributed by atoms with E-state index >= 15 is 0 Å². The van der Waals surface area contributed by atoms with Crippen molar-refractivity contribution in [1.29, 1.82) is 0 Å². The number of esters is 3. The van der Waals surface area contributed by atoms with Crippen LogP contribution >= 0.6 is 0 Å². The average molecular weight is 1270 g/mol. The summed E-state index contributed by atoms with van der Waals surface area (Å²) >= 11 is 0. The van der Waals surface area contributed by atoms with Crippen LogP contribution in [-0.2, 0) is 62.1 Å². The molecule has 0 radical (unpaired) electrons. The second-order valence-electron chi connectivity index (χ2n) is 30.5. The molecule has 6 rings (SSSR count). The van der Waals surface area contributed by atoms with E-state index < -0.39 is 75.7 Å². The van der Waals surface area contributed by atoms with E-state index in [9.17, 15) is 33.6 Å². The smallest absolute Gasteiger partial charge is 0.415 e. The standard InChI is InChI=1S/C71H104N4O16/c1-66(2,3)86-59(76)56(50-28-31-73(44-50)63(80)89-69(10,11)12)41-47-22-19-25-53(38-47)83-36-34-72(35-37-84-54-26-20-23-48(39-54)42-57(60(77)87-67(4,5)6)51-29-32-74(45-51)64(81)90-70(13,14)15)62(79)85-55-27-21-24-49(40-55)43-58(61(78)88-68(7,8)9)52-30-33-75(46-52)65(82)91-71(16,17)18/h19-27,38-40,50-52,56-58H,28-37,41-46H2,1-18H3/t50-,51-,52-,56-,57-,58-/m0/s1. The predicted octanol–water partition coefficient (Wildman–Crippen LogP) is 12.9. The largest absolute Gasteiger partial charge is 0.492 e. The van der Waals surface area contributed by atoms with E-state index in [1.54, 1.807) is 45.0 Å². The van der Waals surface area contributed by atoms with Crippen molar-refractivity contribution < 1.29 is 76.2 Å². The Kier molecular flexibility index (Phi) is 24.4. The number of benzene rings is 3. The first-order valence-corrected chi connectivity index (χ1v) is 32.3. The first-order valence-electron chi connectivity index (χ1n) is 32.3. The number of amides is 4. The van der Waals surface area contributed by atoms with Crippen LogP contribution in [0.2, 0.25) is 0 Å². The van der Waals surface area contributed by atoms with Crippen LogP contribution in [0.25, 0.3) is 0 Å². The SMILES string of the molecule is CC(C)(C)OC(=O)[C@@H](Cc1cccc(OCCN(CCOc2cccc(C[C@H](C(=O)OC(C)(C)C)[C@H]3CCN(C(=O)OC(C)(C)C)C3)c2)C(=O)Oc2cccc(C[C@H](C(=O)OC(C)(C)C)[C@H]3CCN(C(=O)OC(C)(C)C)C3)c2)c1)[C@H]1CCN(C(=O)OC(C)(C)C)C1. The number of rotatable bonds is 21. The molecule has 0 bridgehead atoms. The zero-order valence-corrected chi connectivity index (χ0v) is 57.5. The first-order chi connectivity index (χ1) is 42.1. The molecule has 0 N–H and O–H groups in total. The van der Waals surface area contributed by atoms with Crippen LogP contribution in [0, 0.1) is 35.5 Å². The van der Waals surface area contributed by atoms with Crippen LogP contribution in [0.1, 0.15) is 161 Å². The van der Waals surface area contributed by atoms with E-state index in [0.717, 1.165) is 16.7 Å². The summed E-state index contributed by atoms with van der Waals surface area (Å²) in [7, 11) is 0. The maximum Gasteiger partial charge on any atom is 0.415 e. The van der Waals surface area contributed by atoms with Crippen LogP contribution < -0.4 is 14.2 Å². The predicted molar refractivity (Wildman–Crippen MR) is 345 cm³/mol. The second kappa shape index (κ2) is 30.5. The van der Waals surface area contributed by atoms with Gasteiger partial charge in [-0.25, -0.2) is 19.2 Å². The highest BCUT2D eigenvalue weighted by Crippen LogP contribution is 2.35. The van der Waals surface area contributed by atoms with Crippen molar-refractivity contribution in [3.63, 3.8) is 0 Å². The van der Waals surface area contributed by atoms with Gasteiger partial charge in [0.1, 0.15) is 64.1 Å². The lowest BCUT2D eigenvalue weighted by atomic mass is 9.86. The van der Waals surface area contributed by atoms with Crippen molar-refractivity contribution in [2.75, 3.05) is 65.6 Å². The fraction of sp³-hybridized carbons (Fsp3) is 0.648. The van der Waals surface area contributed by atoms with Crippen LogP contribution in [0.5, 0.6) is 17.2 Å². The van der Waals surface area contributed by atoms with Gasteiger partial charge in [0, 0.05) is 39.3 Å². The van der Waals surface area contributed by atoms with Crippen molar-refractivity contribution in [3.8, 4) is 17.2 Å². The zero-order valence-electron chi connectivity index (χ0n) is 57.5. The molecule has 0 aromatic heterocycles. The number of ether oxygens (including phenoxy) is 9. The van der Waals surface area contributed by atoms with Crippen molar-refractivity contribution in [2.45, 2.75) is 197 Å². The van der Waals surface area contributed by atoms with E-state index in [-0.39, 0.29) is 74.1 Å². The molecule has 3 aliphatic heterocycles. The quantitative estimate of drug-likeness (QED) is 0.0716. The maximum absolute atomic E-state index is 14.5. The highest BCUT2D eigenvalue weighted by atomic mass is 16.6. The molecule has 4 amide bonds. The van der Waals surface area contributed by atoms with Gasteiger partial charge >= 0.3 is 42.3 Å². The molecule has 3 heterocycles. The summed E-state index contributed by atoms with van der Waals surface area (Å²) in [5.74, 6) is -2.19. The van der Waals surface area contributed by atoms with E-state index in [1.165, 1.54) is 4.90 Å². The Morgan fingerprint density at radius 2 is 0.681 bits per heavy atom. The van der Waals surface area contributed by atoms with E-state index in [0.29, 0.717) is 82.9 Å². The minimum absolute atomic E-state index is 0.0366. The monoisotopic (exact) mass is 1270 g/mol. The third-order valence-corrected chi connectivity index (χ3v) is 15.3. The van der Waals surface area contributed by atoms with E-state index in [4.69, 9.17) is 42.6 Å². The molecule has 3 aliphatic rings. The fourth-order valence-corrected chi connectivity index (χ4v) is 11.3. The molecule has 0 spiro atoms. The Labute approximate surface area is 540 Å². The molecule has 3 aromatic rings. The number of carbonyl (C=O) groups excluding carboxylic acids is 7. The molecule has 91 heavy (non-hydrogen) atoms. The Morgan fingerprint density at radius 3 is 0.967 bits per heavy atom. The molecule has 6 atom stereocenters. The topological polar surface area (TPSA) is 216 Å². The molecule has 0 unspecified atom stereocenters. The van der Waals surface area contributed by atoms with Gasteiger partial charge in [-0.2, -0.15) is 0 Å². The molecular weight excluding hydrogens is 1160 g/mol. The molecule has 3 saturated heterocycles. The van der Waals surface area contributed by atoms with Crippen LogP contribution in [-0.4, -0.2) is 161 Å². The van der Waals surface area contributed by atoms with Gasteiger partial charge in [-0.05, 0) is 234 Å². The minimum atomic E-state index is -0.762. The summed E-state index contributed by atoms with van der Waals surface area (Å²) in [6.45, 7) is 35.3. The fourth-order valence-electron chi connectivity index (χ4n) is 11.3. The molecular formula is C71H104N4O16. The number of likely N-dealkylation sites (tertiary alicyclic amines) is 3. The normalized spacial score (nSPS) is 18.4. The Balaban J connectivity index is 1.20. The summed E-state index contributed by atoms with van der Waals surface area (Å²) in [5, 5.41) is 0. The molecule has 20 nitrogen and oxygen atoms in total.